The van der Waals surface area contributed by atoms with Crippen LogP contribution in [0.1, 0.15) is 5.56 Å². The molecule has 0 unspecified atom stereocenters. The van der Waals surface area contributed by atoms with Crippen molar-refractivity contribution in [3.05, 3.63) is 51.0 Å². The summed E-state index contributed by atoms with van der Waals surface area (Å²) in [4.78, 5) is 27.3. The molecule has 0 N–H and O–H groups in total. The number of aromatic nitrogens is 2. The van der Waals surface area contributed by atoms with Crippen LogP contribution in [0.5, 0.6) is 0 Å². The number of aldehydes is 1. The monoisotopic (exact) mass is 318 g/mol. The third kappa shape index (κ3) is 2.39. The predicted octanol–water partition coefficient (Wildman–Crippen LogP) is 3.29. The second-order valence-electron chi connectivity index (χ2n) is 4.66. The summed E-state index contributed by atoms with van der Waals surface area (Å²) in [5, 5.41) is 3.01. The standard InChI is InChI=1S/C15H11ClN2O2S/c1-9-6-10(7-17-14(9)16)11-8-21-12-2-3-18(4-5-19)15(20)13(11)12/h2-3,5-8H,4H2,1H3. The van der Waals surface area contributed by atoms with Gasteiger partial charge in [0.1, 0.15) is 11.4 Å². The highest BCUT2D eigenvalue weighted by Gasteiger charge is 2.13. The van der Waals surface area contributed by atoms with Crippen LogP contribution in [-0.4, -0.2) is 15.8 Å². The van der Waals surface area contributed by atoms with Crippen molar-refractivity contribution in [2.75, 3.05) is 0 Å². The van der Waals surface area contributed by atoms with Gasteiger partial charge in [-0.05, 0) is 24.6 Å². The molecule has 0 amide bonds. The third-order valence-electron chi connectivity index (χ3n) is 3.30. The van der Waals surface area contributed by atoms with Crippen molar-refractivity contribution >= 4 is 39.3 Å². The normalized spacial score (nSPS) is 11.0. The molecule has 0 spiro atoms. The van der Waals surface area contributed by atoms with Crippen molar-refractivity contribution in [1.29, 1.82) is 0 Å². The summed E-state index contributed by atoms with van der Waals surface area (Å²) >= 11 is 7.44. The van der Waals surface area contributed by atoms with Gasteiger partial charge in [0.05, 0.1) is 11.9 Å². The highest BCUT2D eigenvalue weighted by Crippen LogP contribution is 2.32. The van der Waals surface area contributed by atoms with E-state index in [1.165, 1.54) is 15.9 Å². The summed E-state index contributed by atoms with van der Waals surface area (Å²) in [7, 11) is 0. The Hall–Kier alpha value is -1.98. The summed E-state index contributed by atoms with van der Waals surface area (Å²) in [6, 6.07) is 3.76. The number of halogens is 1. The third-order valence-corrected chi connectivity index (χ3v) is 4.64. The summed E-state index contributed by atoms with van der Waals surface area (Å²) in [6.07, 6.45) is 4.02. The number of hydrogen-bond donors (Lipinski definition) is 0. The van der Waals surface area contributed by atoms with Crippen LogP contribution in [0, 0.1) is 6.92 Å². The molecule has 0 bridgehead atoms. The van der Waals surface area contributed by atoms with E-state index in [4.69, 9.17) is 11.6 Å². The number of thiophene rings is 1. The molecule has 0 saturated heterocycles. The Labute approximate surface area is 129 Å². The largest absolute Gasteiger partial charge is 0.308 e. The van der Waals surface area contributed by atoms with Gasteiger partial charge in [0.25, 0.3) is 5.56 Å². The number of pyridine rings is 2. The van der Waals surface area contributed by atoms with Crippen LogP contribution >= 0.6 is 22.9 Å². The van der Waals surface area contributed by atoms with E-state index in [1.807, 2.05) is 24.4 Å². The Morgan fingerprint density at radius 2 is 2.29 bits per heavy atom. The lowest BCUT2D eigenvalue weighted by molar-refractivity contribution is -0.108. The smallest absolute Gasteiger partial charge is 0.260 e. The molecular weight excluding hydrogens is 308 g/mol. The molecule has 4 nitrogen and oxygen atoms in total. The van der Waals surface area contributed by atoms with Crippen molar-refractivity contribution in [2.45, 2.75) is 13.5 Å². The second kappa shape index (κ2) is 5.42. The first kappa shape index (κ1) is 14.0. The molecule has 0 aromatic carbocycles. The van der Waals surface area contributed by atoms with Crippen LogP contribution in [0.2, 0.25) is 5.15 Å². The lowest BCUT2D eigenvalue weighted by atomic mass is 10.1. The van der Waals surface area contributed by atoms with E-state index in [1.54, 1.807) is 12.4 Å². The number of carbonyl (C=O) groups excluding carboxylic acids is 1. The minimum absolute atomic E-state index is 0.0575. The fourth-order valence-corrected chi connectivity index (χ4v) is 3.28. The van der Waals surface area contributed by atoms with E-state index >= 15 is 0 Å². The van der Waals surface area contributed by atoms with Crippen LogP contribution in [0.25, 0.3) is 21.2 Å². The molecule has 6 heteroatoms. The molecule has 0 saturated carbocycles. The van der Waals surface area contributed by atoms with Crippen LogP contribution < -0.4 is 5.56 Å². The summed E-state index contributed by atoms with van der Waals surface area (Å²) in [5.74, 6) is 0. The number of fused-ring (bicyclic) bond motifs is 1. The minimum Gasteiger partial charge on any atom is -0.308 e. The number of carbonyl (C=O) groups is 1. The van der Waals surface area contributed by atoms with Gasteiger partial charge in [-0.3, -0.25) is 4.79 Å². The Morgan fingerprint density at radius 3 is 3.00 bits per heavy atom. The van der Waals surface area contributed by atoms with Gasteiger partial charge in [0, 0.05) is 33.6 Å². The van der Waals surface area contributed by atoms with Gasteiger partial charge in [0.2, 0.25) is 0 Å². The SMILES string of the molecule is Cc1cc(-c2csc3ccn(CC=O)c(=O)c23)cnc1Cl. The quantitative estimate of drug-likeness (QED) is 0.550. The van der Waals surface area contributed by atoms with Gasteiger partial charge < -0.3 is 9.36 Å². The van der Waals surface area contributed by atoms with E-state index in [9.17, 15) is 9.59 Å². The van der Waals surface area contributed by atoms with Crippen molar-refractivity contribution in [1.82, 2.24) is 9.55 Å². The summed E-state index contributed by atoms with van der Waals surface area (Å²) in [6.45, 7) is 1.93. The molecule has 3 aromatic rings. The number of nitrogens with zero attached hydrogens (tertiary/aromatic N) is 2. The van der Waals surface area contributed by atoms with Crippen LogP contribution in [0.4, 0.5) is 0 Å². The van der Waals surface area contributed by atoms with E-state index < -0.39 is 0 Å². The van der Waals surface area contributed by atoms with Gasteiger partial charge >= 0.3 is 0 Å². The summed E-state index contributed by atoms with van der Waals surface area (Å²) in [5.41, 5.74) is 2.37. The number of hydrogen-bond acceptors (Lipinski definition) is 4. The van der Waals surface area contributed by atoms with Crippen LogP contribution in [0.3, 0.4) is 0 Å². The Morgan fingerprint density at radius 1 is 1.48 bits per heavy atom. The highest BCUT2D eigenvalue weighted by molar-refractivity contribution is 7.17. The first-order chi connectivity index (χ1) is 10.1. The lowest BCUT2D eigenvalue weighted by Crippen LogP contribution is -2.19. The zero-order valence-corrected chi connectivity index (χ0v) is 12.7. The molecule has 0 aliphatic heterocycles. The maximum atomic E-state index is 12.5. The van der Waals surface area contributed by atoms with Gasteiger partial charge in [-0.25, -0.2) is 4.98 Å². The Bertz CT molecular complexity index is 898. The maximum Gasteiger partial charge on any atom is 0.260 e. The Balaban J connectivity index is 2.27. The predicted molar refractivity (Wildman–Crippen MR) is 85.1 cm³/mol. The van der Waals surface area contributed by atoms with E-state index in [0.29, 0.717) is 16.8 Å². The average Bonchev–Trinajstić information content (AvgIpc) is 2.90. The molecule has 0 fully saturated rings. The van der Waals surface area contributed by atoms with Gasteiger partial charge in [-0.1, -0.05) is 11.6 Å². The average molecular weight is 319 g/mol. The minimum atomic E-state index is -0.163. The maximum absolute atomic E-state index is 12.5. The van der Waals surface area contributed by atoms with E-state index in [2.05, 4.69) is 4.98 Å². The van der Waals surface area contributed by atoms with Gasteiger partial charge in [0.15, 0.2) is 0 Å². The first-order valence-corrected chi connectivity index (χ1v) is 7.54. The second-order valence-corrected chi connectivity index (χ2v) is 5.93. The molecular formula is C15H11ClN2O2S. The fraction of sp³-hybridized carbons (Fsp3) is 0.133. The highest BCUT2D eigenvalue weighted by atomic mass is 35.5. The molecule has 3 rings (SSSR count). The van der Waals surface area contributed by atoms with Gasteiger partial charge in [-0.2, -0.15) is 0 Å². The fourth-order valence-electron chi connectivity index (χ4n) is 2.23. The Kier molecular flexibility index (Phi) is 3.61. The topological polar surface area (TPSA) is 52.0 Å². The first-order valence-electron chi connectivity index (χ1n) is 6.28. The summed E-state index contributed by atoms with van der Waals surface area (Å²) < 4.78 is 2.30. The van der Waals surface area contributed by atoms with Crippen LogP contribution in [0.15, 0.2) is 34.7 Å². The molecule has 106 valence electrons. The van der Waals surface area contributed by atoms with Crippen LogP contribution in [-0.2, 0) is 11.3 Å². The molecule has 0 atom stereocenters. The lowest BCUT2D eigenvalue weighted by Gasteiger charge is -2.04. The van der Waals surface area contributed by atoms with Crippen molar-refractivity contribution in [2.24, 2.45) is 0 Å². The van der Waals surface area contributed by atoms with Crippen molar-refractivity contribution in [3.63, 3.8) is 0 Å². The molecule has 0 aliphatic carbocycles. The van der Waals surface area contributed by atoms with Crippen molar-refractivity contribution < 1.29 is 4.79 Å². The van der Waals surface area contributed by atoms with Crippen molar-refractivity contribution in [3.8, 4) is 11.1 Å². The van der Waals surface area contributed by atoms with E-state index in [0.717, 1.165) is 21.4 Å². The molecule has 0 aliphatic rings. The molecule has 3 aromatic heterocycles. The molecule has 21 heavy (non-hydrogen) atoms. The number of rotatable bonds is 3. The zero-order chi connectivity index (χ0) is 15.0. The number of aryl methyl sites for hydroxylation is 1. The molecule has 3 heterocycles. The zero-order valence-electron chi connectivity index (χ0n) is 11.2. The van der Waals surface area contributed by atoms with E-state index in [-0.39, 0.29) is 12.1 Å². The molecule has 0 radical (unpaired) electrons. The van der Waals surface area contributed by atoms with Gasteiger partial charge in [-0.15, -0.1) is 11.3 Å².